The van der Waals surface area contributed by atoms with Gasteiger partial charge in [-0.1, -0.05) is 36.5 Å². The van der Waals surface area contributed by atoms with Crippen LogP contribution in [0.4, 0.5) is 0 Å². The van der Waals surface area contributed by atoms with Gasteiger partial charge >= 0.3 is 0 Å². The van der Waals surface area contributed by atoms with Crippen LogP contribution in [-0.4, -0.2) is 39.0 Å². The van der Waals surface area contributed by atoms with Gasteiger partial charge in [0.2, 0.25) is 5.91 Å². The first-order valence-electron chi connectivity index (χ1n) is 5.21. The van der Waals surface area contributed by atoms with Crippen molar-refractivity contribution < 1.29 is 4.79 Å². The van der Waals surface area contributed by atoms with E-state index in [1.165, 1.54) is 4.90 Å². The summed E-state index contributed by atoms with van der Waals surface area (Å²) in [6.07, 6.45) is 2.43. The van der Waals surface area contributed by atoms with Gasteiger partial charge in [0.25, 0.3) is 0 Å². The summed E-state index contributed by atoms with van der Waals surface area (Å²) in [6.45, 7) is 6.62. The van der Waals surface area contributed by atoms with Crippen molar-refractivity contribution >= 4 is 14.0 Å². The highest BCUT2D eigenvalue weighted by atomic mass is 28.3. The van der Waals surface area contributed by atoms with Crippen LogP contribution in [-0.2, 0) is 4.79 Å². The zero-order valence-electron chi connectivity index (χ0n) is 10.6. The van der Waals surface area contributed by atoms with Gasteiger partial charge in [0, 0.05) is 19.0 Å². The monoisotopic (exact) mass is 240 g/mol. The molecule has 0 spiro atoms. The normalized spacial score (nSPS) is 13.3. The van der Waals surface area contributed by atoms with Gasteiger partial charge in [0.1, 0.15) is 6.04 Å². The highest BCUT2D eigenvalue weighted by Gasteiger charge is 2.17. The summed E-state index contributed by atoms with van der Waals surface area (Å²) >= 11 is 0. The summed E-state index contributed by atoms with van der Waals surface area (Å²) in [7, 11) is 2.07. The minimum absolute atomic E-state index is 0.155. The van der Waals surface area contributed by atoms with E-state index >= 15 is 0 Å². The average Bonchev–Trinajstić information content (AvgIpc) is 2.13. The molecule has 90 valence electrons. The van der Waals surface area contributed by atoms with E-state index in [9.17, 15) is 4.79 Å². The van der Waals surface area contributed by atoms with Crippen LogP contribution >= 0.6 is 0 Å². The Bertz CT molecular complexity index is 313. The van der Waals surface area contributed by atoms with Crippen LogP contribution in [0.25, 0.3) is 10.4 Å². The van der Waals surface area contributed by atoms with E-state index < -0.39 is 14.1 Å². The highest BCUT2D eigenvalue weighted by molar-refractivity contribution is 6.80. The molecular formula is C10H20N4OSi. The third-order valence-electron chi connectivity index (χ3n) is 1.89. The van der Waals surface area contributed by atoms with Crippen LogP contribution < -0.4 is 0 Å². The maximum absolute atomic E-state index is 11.6. The van der Waals surface area contributed by atoms with Gasteiger partial charge in [-0.25, -0.2) is 0 Å². The molecule has 0 aliphatic heterocycles. The number of amides is 1. The van der Waals surface area contributed by atoms with Crippen LogP contribution in [0, 0.1) is 0 Å². The van der Waals surface area contributed by atoms with Crippen LogP contribution in [0.3, 0.4) is 0 Å². The van der Waals surface area contributed by atoms with Gasteiger partial charge in [-0.05, 0) is 12.0 Å². The number of hydrogen-bond acceptors (Lipinski definition) is 2. The van der Waals surface area contributed by atoms with Crippen molar-refractivity contribution in [3.05, 3.63) is 22.2 Å². The van der Waals surface area contributed by atoms with Crippen LogP contribution in [0.1, 0.15) is 6.42 Å². The molecule has 0 radical (unpaired) electrons. The number of hydrogen-bond donors (Lipinski definition) is 0. The lowest BCUT2D eigenvalue weighted by Crippen LogP contribution is -2.32. The molecule has 0 aromatic heterocycles. The summed E-state index contributed by atoms with van der Waals surface area (Å²) in [5.41, 5.74) is 10.5. The number of azide groups is 1. The molecule has 0 aliphatic carbocycles. The molecule has 0 N–H and O–H groups in total. The minimum Gasteiger partial charge on any atom is -0.348 e. The third-order valence-corrected chi connectivity index (χ3v) is 3.13. The number of carbonyl (C=O) groups excluding carboxylic acids is 1. The molecule has 5 nitrogen and oxygen atoms in total. The molecule has 0 saturated carbocycles. The summed E-state index contributed by atoms with van der Waals surface area (Å²) < 4.78 is 0. The van der Waals surface area contributed by atoms with Crippen molar-refractivity contribution in [2.45, 2.75) is 32.1 Å². The fourth-order valence-electron chi connectivity index (χ4n) is 1.11. The second-order valence-electron chi connectivity index (χ2n) is 4.96. The first-order chi connectivity index (χ1) is 7.28. The van der Waals surface area contributed by atoms with E-state index in [4.69, 9.17) is 5.53 Å². The maximum Gasteiger partial charge on any atom is 0.231 e. The summed E-state index contributed by atoms with van der Waals surface area (Å²) in [5.74, 6) is -0.155. The van der Waals surface area contributed by atoms with Gasteiger partial charge < -0.3 is 4.90 Å². The van der Waals surface area contributed by atoms with Crippen LogP contribution in [0.2, 0.25) is 19.6 Å². The Morgan fingerprint density at radius 1 is 1.50 bits per heavy atom. The first-order valence-corrected chi connectivity index (χ1v) is 8.78. The zero-order chi connectivity index (χ0) is 12.8. The second-order valence-corrected chi connectivity index (χ2v) is 10.0. The Morgan fingerprint density at radius 2 is 2.06 bits per heavy atom. The van der Waals surface area contributed by atoms with Gasteiger partial charge in [0.05, 0.1) is 8.07 Å². The summed E-state index contributed by atoms with van der Waals surface area (Å²) in [6, 6.07) is -0.618. The first kappa shape index (κ1) is 14.7. The SMILES string of the molecule is CN(C)C(=O)C(C/C=C/[Si](C)(C)C)N=[N+]=[N-]. The Morgan fingerprint density at radius 3 is 2.44 bits per heavy atom. The molecule has 0 aliphatic rings. The lowest BCUT2D eigenvalue weighted by Gasteiger charge is -2.15. The van der Waals surface area contributed by atoms with Gasteiger partial charge in [-0.3, -0.25) is 4.79 Å². The van der Waals surface area contributed by atoms with Crippen molar-refractivity contribution in [3.8, 4) is 0 Å². The van der Waals surface area contributed by atoms with Crippen molar-refractivity contribution in [1.82, 2.24) is 4.90 Å². The summed E-state index contributed by atoms with van der Waals surface area (Å²) in [5, 5.41) is 3.52. The van der Waals surface area contributed by atoms with E-state index in [1.807, 2.05) is 6.08 Å². The number of rotatable bonds is 5. The fraction of sp³-hybridized carbons (Fsp3) is 0.700. The molecule has 0 rings (SSSR count). The molecule has 0 aromatic rings. The smallest absolute Gasteiger partial charge is 0.231 e. The largest absolute Gasteiger partial charge is 0.348 e. The van der Waals surface area contributed by atoms with E-state index in [0.29, 0.717) is 6.42 Å². The van der Waals surface area contributed by atoms with Crippen molar-refractivity contribution in [1.29, 1.82) is 0 Å². The number of likely N-dealkylation sites (N-methyl/N-ethyl adjacent to an activating group) is 1. The Hall–Kier alpha value is -1.26. The van der Waals surface area contributed by atoms with E-state index in [2.05, 4.69) is 35.4 Å². The van der Waals surface area contributed by atoms with E-state index in [0.717, 1.165) is 0 Å². The Kier molecular flexibility index (Phi) is 5.85. The van der Waals surface area contributed by atoms with Gasteiger partial charge in [0.15, 0.2) is 0 Å². The van der Waals surface area contributed by atoms with Crippen LogP contribution in [0.5, 0.6) is 0 Å². The molecule has 0 heterocycles. The third kappa shape index (κ3) is 6.26. The predicted molar refractivity (Wildman–Crippen MR) is 68.7 cm³/mol. The maximum atomic E-state index is 11.6. The Labute approximate surface area is 97.8 Å². The van der Waals surface area contributed by atoms with Gasteiger partial charge in [-0.15, -0.1) is 0 Å². The quantitative estimate of drug-likeness (QED) is 0.315. The second kappa shape index (κ2) is 6.35. The van der Waals surface area contributed by atoms with E-state index in [1.54, 1.807) is 14.1 Å². The van der Waals surface area contributed by atoms with Crippen LogP contribution in [0.15, 0.2) is 16.9 Å². The van der Waals surface area contributed by atoms with Gasteiger partial charge in [-0.2, -0.15) is 0 Å². The predicted octanol–water partition coefficient (Wildman–Crippen LogP) is 2.58. The topological polar surface area (TPSA) is 69.1 Å². The van der Waals surface area contributed by atoms with Crippen molar-refractivity contribution in [3.63, 3.8) is 0 Å². The lowest BCUT2D eigenvalue weighted by molar-refractivity contribution is -0.129. The molecule has 0 aromatic carbocycles. The Balaban J connectivity index is 4.54. The molecule has 6 heteroatoms. The van der Waals surface area contributed by atoms with Crippen molar-refractivity contribution in [2.24, 2.45) is 5.11 Å². The average molecular weight is 240 g/mol. The lowest BCUT2D eigenvalue weighted by atomic mass is 10.2. The highest BCUT2D eigenvalue weighted by Crippen LogP contribution is 2.07. The molecule has 0 bridgehead atoms. The minimum atomic E-state index is -1.25. The number of carbonyl (C=O) groups is 1. The number of nitrogens with zero attached hydrogens (tertiary/aromatic N) is 4. The molecule has 1 atom stereocenters. The fourth-order valence-corrected chi connectivity index (χ4v) is 1.95. The zero-order valence-corrected chi connectivity index (χ0v) is 11.6. The van der Waals surface area contributed by atoms with Crippen molar-refractivity contribution in [2.75, 3.05) is 14.1 Å². The molecule has 1 amide bonds. The van der Waals surface area contributed by atoms with E-state index in [-0.39, 0.29) is 5.91 Å². The molecular weight excluding hydrogens is 220 g/mol. The molecule has 0 saturated heterocycles. The summed E-state index contributed by atoms with van der Waals surface area (Å²) in [4.78, 5) is 15.8. The molecule has 16 heavy (non-hydrogen) atoms. The standard InChI is InChI=1S/C10H20N4OSi/c1-14(2)10(15)9(12-13-11)7-6-8-16(3,4)5/h6,8-9H,7H2,1-5H3/b8-6+. The molecule has 1 unspecified atom stereocenters. The molecule has 0 fully saturated rings.